The number of halogens is 3. The van der Waals surface area contributed by atoms with Crippen molar-refractivity contribution in [2.45, 2.75) is 13.8 Å². The van der Waals surface area contributed by atoms with Gasteiger partial charge in [-0.05, 0) is 31.3 Å². The average Bonchev–Trinajstić information content (AvgIpc) is 3.40. The second-order valence-electron chi connectivity index (χ2n) is 7.30. The molecule has 0 aliphatic heterocycles. The Kier molecular flexibility index (Phi) is 8.13. The third kappa shape index (κ3) is 5.17. The molecule has 180 valence electrons. The van der Waals surface area contributed by atoms with Gasteiger partial charge >= 0.3 is 0 Å². The summed E-state index contributed by atoms with van der Waals surface area (Å²) in [7, 11) is 0. The van der Waals surface area contributed by atoms with Crippen molar-refractivity contribution in [1.29, 1.82) is 0 Å². The van der Waals surface area contributed by atoms with Crippen molar-refractivity contribution in [2.24, 2.45) is 0 Å². The number of carbonyl (C=O) groups is 1. The first-order valence-corrected chi connectivity index (χ1v) is 11.9. The van der Waals surface area contributed by atoms with Crippen LogP contribution in [0.1, 0.15) is 23.5 Å². The van der Waals surface area contributed by atoms with E-state index in [0.717, 1.165) is 35.2 Å². The zero-order chi connectivity index (χ0) is 23.7. The third-order valence-electron chi connectivity index (χ3n) is 5.33. The van der Waals surface area contributed by atoms with Gasteiger partial charge in [0.25, 0.3) is 11.6 Å². The molecule has 0 saturated carbocycles. The van der Waals surface area contributed by atoms with Crippen LogP contribution >= 0.6 is 35.1 Å². The molecule has 0 unspecified atom stereocenters. The second kappa shape index (κ2) is 10.7. The minimum atomic E-state index is -0.780. The molecule has 2 aromatic heterocycles. The summed E-state index contributed by atoms with van der Waals surface area (Å²) in [4.78, 5) is 32.4. The summed E-state index contributed by atoms with van der Waals surface area (Å²) < 4.78 is 29.0. The van der Waals surface area contributed by atoms with Crippen molar-refractivity contribution in [3.63, 3.8) is 0 Å². The Labute approximate surface area is 208 Å². The monoisotopic (exact) mass is 526 g/mol. The van der Waals surface area contributed by atoms with Gasteiger partial charge in [-0.2, -0.15) is 0 Å². The van der Waals surface area contributed by atoms with E-state index in [1.54, 1.807) is 12.1 Å². The highest BCUT2D eigenvalue weighted by molar-refractivity contribution is 7.23. The van der Waals surface area contributed by atoms with Crippen molar-refractivity contribution in [3.8, 4) is 0 Å². The lowest BCUT2D eigenvalue weighted by Gasteiger charge is -2.24. The van der Waals surface area contributed by atoms with Crippen molar-refractivity contribution >= 4 is 72.1 Å². The van der Waals surface area contributed by atoms with Crippen LogP contribution in [-0.2, 0) is 0 Å². The normalized spacial score (nSPS) is 11.2. The van der Waals surface area contributed by atoms with E-state index >= 15 is 0 Å². The maximum absolute atomic E-state index is 14.3. The van der Waals surface area contributed by atoms with Crippen molar-refractivity contribution in [2.75, 3.05) is 31.1 Å². The molecule has 0 fully saturated rings. The smallest absolute Gasteiger partial charge is 0.270 e. The fraction of sp³-hybridized carbons (Fsp3) is 0.273. The number of hydrogen-bond acceptors (Lipinski definition) is 7. The number of likely N-dealkylation sites (N-methyl/N-ethyl adjacent to an activating group) is 1. The number of hydrogen-bond donors (Lipinski definition) is 0. The van der Waals surface area contributed by atoms with E-state index in [-0.39, 0.29) is 34.6 Å². The molecule has 0 aliphatic carbocycles. The zero-order valence-electron chi connectivity index (χ0n) is 18.3. The molecule has 2 heterocycles. The van der Waals surface area contributed by atoms with E-state index in [0.29, 0.717) is 28.1 Å². The Balaban J connectivity index is 0.00000324. The molecule has 1 amide bonds. The quantitative estimate of drug-likeness (QED) is 0.204. The molecule has 34 heavy (non-hydrogen) atoms. The number of benzene rings is 2. The van der Waals surface area contributed by atoms with Gasteiger partial charge in [-0.3, -0.25) is 19.8 Å². The molecule has 4 rings (SSSR count). The Morgan fingerprint density at radius 3 is 2.47 bits per heavy atom. The predicted molar refractivity (Wildman–Crippen MR) is 135 cm³/mol. The molecule has 0 radical (unpaired) electrons. The maximum Gasteiger partial charge on any atom is 0.270 e. The minimum Gasteiger partial charge on any atom is -0.302 e. The molecule has 0 atom stereocenters. The van der Waals surface area contributed by atoms with Crippen LogP contribution in [0.15, 0.2) is 36.4 Å². The number of thiophene rings is 1. The highest BCUT2D eigenvalue weighted by Crippen LogP contribution is 2.34. The highest BCUT2D eigenvalue weighted by Gasteiger charge is 2.25. The SMILES string of the molecule is CCN(CC)CCN(C(=O)c1cc2cc([N+](=O)[O-])ccc2s1)c1nc2c(F)cc(F)cc2s1.Cl. The number of nitro benzene ring substituents is 1. The van der Waals surface area contributed by atoms with Crippen LogP contribution in [-0.4, -0.2) is 46.9 Å². The number of carbonyl (C=O) groups excluding carboxylic acids is 1. The average molecular weight is 527 g/mol. The van der Waals surface area contributed by atoms with E-state index in [1.807, 2.05) is 13.8 Å². The lowest BCUT2D eigenvalue weighted by molar-refractivity contribution is -0.384. The van der Waals surface area contributed by atoms with Crippen molar-refractivity contribution in [1.82, 2.24) is 9.88 Å². The Hall–Kier alpha value is -2.73. The minimum absolute atomic E-state index is 0. The van der Waals surface area contributed by atoms with E-state index in [1.165, 1.54) is 34.4 Å². The number of nitro groups is 1. The van der Waals surface area contributed by atoms with Gasteiger partial charge in [0, 0.05) is 41.4 Å². The van der Waals surface area contributed by atoms with E-state index in [9.17, 15) is 23.7 Å². The Morgan fingerprint density at radius 2 is 1.79 bits per heavy atom. The molecule has 0 saturated heterocycles. The fourth-order valence-corrected chi connectivity index (χ4v) is 5.53. The molecule has 0 aliphatic rings. The van der Waals surface area contributed by atoms with Gasteiger partial charge in [-0.15, -0.1) is 23.7 Å². The number of aromatic nitrogens is 1. The molecule has 0 N–H and O–H groups in total. The van der Waals surface area contributed by atoms with Crippen LogP contribution in [0.25, 0.3) is 20.3 Å². The summed E-state index contributed by atoms with van der Waals surface area (Å²) in [6.45, 7) is 6.50. The first-order valence-electron chi connectivity index (χ1n) is 10.3. The molecular formula is C22H21ClF2N4O3S2. The van der Waals surface area contributed by atoms with Gasteiger partial charge in [-0.1, -0.05) is 25.2 Å². The summed E-state index contributed by atoms with van der Waals surface area (Å²) in [6.07, 6.45) is 0. The fourth-order valence-electron chi connectivity index (χ4n) is 3.51. The summed E-state index contributed by atoms with van der Waals surface area (Å²) in [5, 5.41) is 12.0. The van der Waals surface area contributed by atoms with Crippen LogP contribution in [0.3, 0.4) is 0 Å². The summed E-state index contributed by atoms with van der Waals surface area (Å²) in [5.74, 6) is -1.83. The molecule has 0 bridgehead atoms. The van der Waals surface area contributed by atoms with Gasteiger partial charge in [0.2, 0.25) is 0 Å². The van der Waals surface area contributed by atoms with Crippen LogP contribution in [0, 0.1) is 21.7 Å². The largest absolute Gasteiger partial charge is 0.302 e. The summed E-state index contributed by atoms with van der Waals surface area (Å²) in [5.41, 5.74) is -0.0367. The summed E-state index contributed by atoms with van der Waals surface area (Å²) >= 11 is 2.27. The van der Waals surface area contributed by atoms with Crippen LogP contribution < -0.4 is 4.90 Å². The molecule has 4 aromatic rings. The molecular weight excluding hydrogens is 506 g/mol. The molecule has 7 nitrogen and oxygen atoms in total. The summed E-state index contributed by atoms with van der Waals surface area (Å²) in [6, 6.07) is 8.03. The lowest BCUT2D eigenvalue weighted by atomic mass is 10.2. The lowest BCUT2D eigenvalue weighted by Crippen LogP contribution is -2.38. The third-order valence-corrected chi connectivity index (χ3v) is 7.46. The van der Waals surface area contributed by atoms with E-state index < -0.39 is 16.6 Å². The van der Waals surface area contributed by atoms with Gasteiger partial charge < -0.3 is 4.90 Å². The maximum atomic E-state index is 14.3. The van der Waals surface area contributed by atoms with E-state index in [4.69, 9.17) is 0 Å². The number of non-ortho nitro benzene ring substituents is 1. The van der Waals surface area contributed by atoms with Crippen LogP contribution in [0.4, 0.5) is 19.6 Å². The standard InChI is InChI=1S/C22H20F2N4O3S2.ClH/c1-3-26(4-2)7-8-27(22-25-20-16(24)11-14(23)12-18(20)33-22)21(29)19-10-13-9-15(28(30)31)5-6-17(13)32-19;/h5-6,9-12H,3-4,7-8H2,1-2H3;1H. The number of anilines is 1. The van der Waals surface area contributed by atoms with Crippen molar-refractivity contribution in [3.05, 3.63) is 63.0 Å². The van der Waals surface area contributed by atoms with Gasteiger partial charge in [0.05, 0.1) is 14.5 Å². The number of fused-ring (bicyclic) bond motifs is 2. The second-order valence-corrected chi connectivity index (χ2v) is 9.40. The van der Waals surface area contributed by atoms with Gasteiger partial charge in [-0.25, -0.2) is 13.8 Å². The highest BCUT2D eigenvalue weighted by atomic mass is 35.5. The topological polar surface area (TPSA) is 79.6 Å². The Bertz CT molecular complexity index is 1360. The number of nitrogens with zero attached hydrogens (tertiary/aromatic N) is 4. The zero-order valence-corrected chi connectivity index (χ0v) is 20.7. The number of rotatable bonds is 8. The predicted octanol–water partition coefficient (Wildman–Crippen LogP) is 6.11. The molecule has 12 heteroatoms. The van der Waals surface area contributed by atoms with Gasteiger partial charge in [0.15, 0.2) is 10.9 Å². The van der Waals surface area contributed by atoms with E-state index in [2.05, 4.69) is 9.88 Å². The van der Waals surface area contributed by atoms with Gasteiger partial charge in [0.1, 0.15) is 11.3 Å². The molecule has 0 spiro atoms. The van der Waals surface area contributed by atoms with Crippen LogP contribution in [0.2, 0.25) is 0 Å². The number of amides is 1. The number of thiazole rings is 1. The van der Waals surface area contributed by atoms with Crippen molar-refractivity contribution < 1.29 is 18.5 Å². The Morgan fingerprint density at radius 1 is 1.06 bits per heavy atom. The molecule has 2 aromatic carbocycles. The first kappa shape index (κ1) is 25.9. The first-order chi connectivity index (χ1) is 15.8. The van der Waals surface area contributed by atoms with Crippen LogP contribution in [0.5, 0.6) is 0 Å².